The third kappa shape index (κ3) is 2.67. The largest absolute Gasteiger partial charge is 0.479 e. The van der Waals surface area contributed by atoms with E-state index >= 15 is 0 Å². The Morgan fingerprint density at radius 3 is 2.46 bits per heavy atom. The molecular weight excluding hydrogens is 422 g/mol. The van der Waals surface area contributed by atoms with Gasteiger partial charge in [0.25, 0.3) is 0 Å². The average Bonchev–Trinajstić information content (AvgIpc) is 2.99. The zero-order valence-corrected chi connectivity index (χ0v) is 17.6. The van der Waals surface area contributed by atoms with E-state index in [4.69, 9.17) is 4.74 Å². The molecule has 6 rings (SSSR count). The summed E-state index contributed by atoms with van der Waals surface area (Å²) in [6.45, 7) is 0. The first kappa shape index (κ1) is 18.6. The number of aliphatic carboxylic acids is 1. The molecular formula is C22H26BrNO4. The Kier molecular flexibility index (Phi) is 4.19. The van der Waals surface area contributed by atoms with Crippen molar-refractivity contribution in [2.45, 2.75) is 56.6 Å². The van der Waals surface area contributed by atoms with Gasteiger partial charge in [-0.3, -0.25) is 4.79 Å². The molecule has 6 heteroatoms. The van der Waals surface area contributed by atoms with Gasteiger partial charge < -0.3 is 15.2 Å². The molecule has 1 amide bonds. The summed E-state index contributed by atoms with van der Waals surface area (Å²) < 4.78 is 6.70. The maximum absolute atomic E-state index is 13.6. The fourth-order valence-electron chi connectivity index (χ4n) is 6.93. The Morgan fingerprint density at radius 2 is 1.82 bits per heavy atom. The lowest BCUT2D eigenvalue weighted by atomic mass is 9.48. The lowest BCUT2D eigenvalue weighted by molar-refractivity contribution is -0.171. The first-order valence-electron chi connectivity index (χ1n) is 10.2. The number of carboxylic acid groups (broad SMARTS) is 1. The minimum Gasteiger partial charge on any atom is -0.479 e. The molecule has 0 aliphatic heterocycles. The predicted molar refractivity (Wildman–Crippen MR) is 107 cm³/mol. The van der Waals surface area contributed by atoms with Gasteiger partial charge in [0.05, 0.1) is 11.5 Å². The third-order valence-electron chi connectivity index (χ3n) is 7.86. The number of ether oxygens (including phenoxy) is 1. The fourth-order valence-corrected chi connectivity index (χ4v) is 7.34. The number of rotatable bonds is 4. The maximum atomic E-state index is 13.6. The van der Waals surface area contributed by atoms with Crippen LogP contribution < -0.4 is 5.32 Å². The molecule has 3 atom stereocenters. The first-order chi connectivity index (χ1) is 13.3. The minimum absolute atomic E-state index is 0.0456. The molecule has 4 bridgehead atoms. The van der Waals surface area contributed by atoms with E-state index < -0.39 is 16.9 Å². The Labute approximate surface area is 173 Å². The molecule has 3 unspecified atom stereocenters. The number of hydrogen-bond donors (Lipinski definition) is 2. The van der Waals surface area contributed by atoms with Gasteiger partial charge in [-0.25, -0.2) is 4.79 Å². The number of methoxy groups -OCH3 is 1. The molecule has 0 radical (unpaired) electrons. The second-order valence-corrected chi connectivity index (χ2v) is 10.5. The maximum Gasteiger partial charge on any atom is 0.330 e. The Balaban J connectivity index is 1.41. The highest BCUT2D eigenvalue weighted by Crippen LogP contribution is 2.61. The number of carboxylic acids is 1. The number of fused-ring (bicyclic) bond motifs is 1. The van der Waals surface area contributed by atoms with Gasteiger partial charge in [-0.15, -0.1) is 0 Å². The molecule has 5 aliphatic rings. The monoisotopic (exact) mass is 447 g/mol. The fraction of sp³-hybridized carbons (Fsp3) is 0.636. The van der Waals surface area contributed by atoms with Crippen molar-refractivity contribution in [2.24, 2.45) is 23.2 Å². The van der Waals surface area contributed by atoms with Gasteiger partial charge in [-0.05, 0) is 73.1 Å². The number of amides is 1. The van der Waals surface area contributed by atoms with Crippen LogP contribution in [-0.2, 0) is 27.2 Å². The number of hydrogen-bond acceptors (Lipinski definition) is 3. The van der Waals surface area contributed by atoms with E-state index in [0.717, 1.165) is 47.7 Å². The highest BCUT2D eigenvalue weighted by molar-refractivity contribution is 9.10. The summed E-state index contributed by atoms with van der Waals surface area (Å²) in [7, 11) is 1.78. The van der Waals surface area contributed by atoms with Gasteiger partial charge in [-0.1, -0.05) is 22.0 Å². The number of nitrogens with one attached hydrogen (secondary N) is 1. The number of carbonyl (C=O) groups excluding carboxylic acids is 1. The van der Waals surface area contributed by atoms with Crippen molar-refractivity contribution in [3.05, 3.63) is 33.8 Å². The van der Waals surface area contributed by atoms with Gasteiger partial charge in [0.15, 0.2) is 0 Å². The van der Waals surface area contributed by atoms with Gasteiger partial charge in [0, 0.05) is 24.4 Å². The van der Waals surface area contributed by atoms with Gasteiger partial charge >= 0.3 is 5.97 Å². The predicted octanol–water partition coefficient (Wildman–Crippen LogP) is 3.33. The van der Waals surface area contributed by atoms with Crippen molar-refractivity contribution >= 4 is 27.8 Å². The number of carbonyl (C=O) groups is 2. The van der Waals surface area contributed by atoms with Crippen molar-refractivity contribution in [1.82, 2.24) is 5.32 Å². The lowest BCUT2D eigenvalue weighted by Gasteiger charge is -2.58. The quantitative estimate of drug-likeness (QED) is 0.741. The molecule has 4 saturated carbocycles. The Hall–Kier alpha value is -1.40. The summed E-state index contributed by atoms with van der Waals surface area (Å²) in [5.74, 6) is 0.453. The standard InChI is InChI=1S/C22H26BrNO4/c1-28-18-15-4-12-5-16(18)9-21(7-12,8-15)19(25)24-22(20(26)27)10-13-2-3-17(23)6-14(13)11-22/h2-3,6,12,15-16,18H,4-5,7-11H2,1H3,(H,24,25)(H,26,27). The number of benzene rings is 1. The third-order valence-corrected chi connectivity index (χ3v) is 8.35. The molecule has 28 heavy (non-hydrogen) atoms. The number of halogens is 1. The van der Waals surface area contributed by atoms with Crippen LogP contribution in [0.2, 0.25) is 0 Å². The lowest BCUT2D eigenvalue weighted by Crippen LogP contribution is -2.64. The van der Waals surface area contributed by atoms with Crippen LogP contribution in [0.25, 0.3) is 0 Å². The molecule has 1 aromatic carbocycles. The zero-order chi connectivity index (χ0) is 19.7. The topological polar surface area (TPSA) is 75.6 Å². The van der Waals surface area contributed by atoms with E-state index in [0.29, 0.717) is 30.6 Å². The minimum atomic E-state index is -1.23. The van der Waals surface area contributed by atoms with Crippen LogP contribution >= 0.6 is 15.9 Å². The summed E-state index contributed by atoms with van der Waals surface area (Å²) in [6, 6.07) is 5.87. The molecule has 0 heterocycles. The van der Waals surface area contributed by atoms with Crippen molar-refractivity contribution in [3.8, 4) is 0 Å². The summed E-state index contributed by atoms with van der Waals surface area (Å²) in [4.78, 5) is 25.8. The van der Waals surface area contributed by atoms with Crippen molar-refractivity contribution in [1.29, 1.82) is 0 Å². The molecule has 0 spiro atoms. The normalized spacial score (nSPS) is 40.4. The van der Waals surface area contributed by atoms with Crippen LogP contribution in [0, 0.1) is 23.2 Å². The van der Waals surface area contributed by atoms with Crippen molar-refractivity contribution in [3.63, 3.8) is 0 Å². The molecule has 5 aliphatic carbocycles. The summed E-state index contributed by atoms with van der Waals surface area (Å²) in [5.41, 5.74) is 0.367. The van der Waals surface area contributed by atoms with E-state index in [1.165, 1.54) is 0 Å². The van der Waals surface area contributed by atoms with E-state index in [9.17, 15) is 14.7 Å². The van der Waals surface area contributed by atoms with Gasteiger partial charge in [0.2, 0.25) is 5.91 Å². The van der Waals surface area contributed by atoms with Crippen molar-refractivity contribution in [2.75, 3.05) is 7.11 Å². The summed E-state index contributed by atoms with van der Waals surface area (Å²) >= 11 is 3.46. The van der Waals surface area contributed by atoms with Crippen LogP contribution in [0.3, 0.4) is 0 Å². The highest BCUT2D eigenvalue weighted by Gasteiger charge is 2.60. The SMILES string of the molecule is COC1C2CC3CC1CC(C(=O)NC1(C(=O)O)Cc4ccc(Br)cc4C1)(C3)C2. The van der Waals surface area contributed by atoms with Crippen molar-refractivity contribution < 1.29 is 19.4 Å². The van der Waals surface area contributed by atoms with Crippen LogP contribution in [0.1, 0.15) is 43.2 Å². The van der Waals surface area contributed by atoms with Gasteiger partial charge in [0.1, 0.15) is 5.54 Å². The summed E-state index contributed by atoms with van der Waals surface area (Å²) in [5, 5.41) is 13.1. The van der Waals surface area contributed by atoms with E-state index in [1.807, 2.05) is 18.2 Å². The Bertz CT molecular complexity index is 839. The van der Waals surface area contributed by atoms with Crippen LogP contribution in [0.4, 0.5) is 0 Å². The van der Waals surface area contributed by atoms with Crippen LogP contribution in [-0.4, -0.2) is 35.7 Å². The second kappa shape index (κ2) is 6.30. The molecule has 0 aromatic heterocycles. The highest BCUT2D eigenvalue weighted by atomic mass is 79.9. The van der Waals surface area contributed by atoms with E-state index in [1.54, 1.807) is 7.11 Å². The second-order valence-electron chi connectivity index (χ2n) is 9.56. The van der Waals surface area contributed by atoms with E-state index in [-0.39, 0.29) is 12.0 Å². The molecule has 1 aromatic rings. The summed E-state index contributed by atoms with van der Waals surface area (Å²) in [6.07, 6.45) is 5.81. The first-order valence-corrected chi connectivity index (χ1v) is 11.0. The molecule has 2 N–H and O–H groups in total. The van der Waals surface area contributed by atoms with E-state index in [2.05, 4.69) is 21.2 Å². The molecule has 0 saturated heterocycles. The Morgan fingerprint density at radius 1 is 1.14 bits per heavy atom. The molecule has 150 valence electrons. The van der Waals surface area contributed by atoms with Crippen LogP contribution in [0.5, 0.6) is 0 Å². The zero-order valence-electron chi connectivity index (χ0n) is 16.0. The average molecular weight is 448 g/mol. The van der Waals surface area contributed by atoms with Crippen LogP contribution in [0.15, 0.2) is 22.7 Å². The van der Waals surface area contributed by atoms with Gasteiger partial charge in [-0.2, -0.15) is 0 Å². The molecule has 5 nitrogen and oxygen atoms in total. The smallest absolute Gasteiger partial charge is 0.330 e. The molecule has 4 fully saturated rings.